The van der Waals surface area contributed by atoms with Gasteiger partial charge >= 0.3 is 5.97 Å². The van der Waals surface area contributed by atoms with Crippen molar-refractivity contribution in [2.24, 2.45) is 29.4 Å². The number of carbonyl (C=O) groups excluding carboxylic acids is 2. The molecule has 416 valence electrons. The summed E-state index contributed by atoms with van der Waals surface area (Å²) in [6, 6.07) is -2.12. The summed E-state index contributed by atoms with van der Waals surface area (Å²) in [5.74, 6) is -6.46. The van der Waals surface area contributed by atoms with Gasteiger partial charge in [-0.2, -0.15) is 0 Å². The summed E-state index contributed by atoms with van der Waals surface area (Å²) >= 11 is 0. The van der Waals surface area contributed by atoms with E-state index in [9.17, 15) is 65.8 Å². The topological polar surface area (TPSA) is 341 Å². The zero-order valence-corrected chi connectivity index (χ0v) is 43.2. The molecule has 3 rings (SSSR count). The molecule has 3 heterocycles. The van der Waals surface area contributed by atoms with Gasteiger partial charge < -0.3 is 90.9 Å². The Labute approximate surface area is 429 Å². The number of nitrogens with one attached hydrogen (secondary N) is 1. The van der Waals surface area contributed by atoms with E-state index in [1.54, 1.807) is 95.4 Å². The van der Waals surface area contributed by atoms with Crippen LogP contribution in [-0.2, 0) is 33.3 Å². The lowest BCUT2D eigenvalue weighted by atomic mass is 9.81. The molecule has 20 heteroatoms. The predicted octanol–water partition coefficient (Wildman–Crippen LogP) is 0.733. The van der Waals surface area contributed by atoms with Crippen LogP contribution in [0.15, 0.2) is 85.1 Å². The molecule has 2 saturated heterocycles. The van der Waals surface area contributed by atoms with Crippen LogP contribution >= 0.6 is 0 Å². The van der Waals surface area contributed by atoms with E-state index in [1.807, 2.05) is 31.2 Å². The minimum absolute atomic E-state index is 0.149. The third kappa shape index (κ3) is 21.2. The summed E-state index contributed by atoms with van der Waals surface area (Å²) in [5, 5.41) is 124. The van der Waals surface area contributed by atoms with Crippen LogP contribution in [-0.4, -0.2) is 185 Å². The quantitative estimate of drug-likeness (QED) is 0.123. The lowest BCUT2D eigenvalue weighted by Gasteiger charge is -2.46. The van der Waals surface area contributed by atoms with Crippen LogP contribution in [0.4, 0.5) is 0 Å². The number of fused-ring (bicyclic) bond motifs is 2. The molecule has 1 unspecified atom stereocenters. The molecular formula is C53H86N2O18. The molecule has 3 aliphatic rings. The number of carbonyl (C=O) groups is 2. The number of methoxy groups -OCH3 is 1. The zero-order valence-electron chi connectivity index (χ0n) is 43.2. The first-order valence-corrected chi connectivity index (χ1v) is 25.4. The normalized spacial score (nSPS) is 42.8. The van der Waals surface area contributed by atoms with Gasteiger partial charge in [-0.15, -0.1) is 0 Å². The van der Waals surface area contributed by atoms with Gasteiger partial charge in [-0.05, 0) is 45.4 Å². The van der Waals surface area contributed by atoms with Crippen LogP contribution in [0.1, 0.15) is 92.9 Å². The Morgan fingerprint density at radius 2 is 1.26 bits per heavy atom. The van der Waals surface area contributed by atoms with Gasteiger partial charge in [0.2, 0.25) is 5.91 Å². The van der Waals surface area contributed by atoms with E-state index in [4.69, 9.17) is 29.4 Å². The van der Waals surface area contributed by atoms with Crippen LogP contribution < -0.4 is 11.1 Å². The van der Waals surface area contributed by atoms with Crippen molar-refractivity contribution in [3.05, 3.63) is 85.1 Å². The Morgan fingerprint density at radius 1 is 0.712 bits per heavy atom. The molecule has 73 heavy (non-hydrogen) atoms. The largest absolute Gasteiger partial charge is 0.462 e. The first kappa shape index (κ1) is 63.8. The highest BCUT2D eigenvalue weighted by atomic mass is 16.7. The van der Waals surface area contributed by atoms with Crippen molar-refractivity contribution in [2.75, 3.05) is 7.11 Å². The number of aliphatic hydroxyl groups is 11. The molecule has 21 atom stereocenters. The van der Waals surface area contributed by atoms with E-state index in [-0.39, 0.29) is 43.9 Å². The molecule has 0 spiro atoms. The van der Waals surface area contributed by atoms with Gasteiger partial charge in [-0.1, -0.05) is 113 Å². The van der Waals surface area contributed by atoms with Crippen LogP contribution in [0.5, 0.6) is 0 Å². The van der Waals surface area contributed by atoms with Crippen molar-refractivity contribution in [3.63, 3.8) is 0 Å². The Hall–Kier alpha value is -3.52. The highest BCUT2D eigenvalue weighted by molar-refractivity contribution is 5.80. The molecule has 1 amide bonds. The predicted molar refractivity (Wildman–Crippen MR) is 269 cm³/mol. The van der Waals surface area contributed by atoms with Crippen molar-refractivity contribution < 1.29 is 89.4 Å². The fourth-order valence-electron chi connectivity index (χ4n) is 8.95. The third-order valence-corrected chi connectivity index (χ3v) is 13.6. The Balaban J connectivity index is 1.98. The molecular weight excluding hydrogens is 953 g/mol. The number of cyclic esters (lactones) is 1. The first-order chi connectivity index (χ1) is 34.4. The SMILES string of the molecule is COC(O)[C@@H](NC(=O)[C@H]1[C@@H]2C[C@@H](O[C@@H]3O[C@H](C)[C@@H](O)[C@H](N)[C@@H]3O)/C=C/C=C/C=C/C=C/C=C/C=C/C=C/[C@H](C)[C@@H](O)[C@@H](C)[C@H](C)OC(=O)C[C@H](O)C[C@H](O)C[C@H](O)CC[C@@H](O)[C@H](O)C[C@](O)(C[C@@H]1O)O2)C(C)C. The van der Waals surface area contributed by atoms with Gasteiger partial charge in [0.15, 0.2) is 18.4 Å². The third-order valence-electron chi connectivity index (χ3n) is 13.6. The molecule has 0 aliphatic carbocycles. The molecule has 14 N–H and O–H groups in total. The summed E-state index contributed by atoms with van der Waals surface area (Å²) in [6.45, 7) is 10.2. The van der Waals surface area contributed by atoms with Crippen LogP contribution in [0.3, 0.4) is 0 Å². The molecule has 0 radical (unpaired) electrons. The lowest BCUT2D eigenvalue weighted by Crippen LogP contribution is -2.62. The molecule has 0 saturated carbocycles. The van der Waals surface area contributed by atoms with E-state index in [2.05, 4.69) is 5.32 Å². The van der Waals surface area contributed by atoms with Gasteiger partial charge in [0.05, 0.1) is 91.6 Å². The number of ether oxygens (including phenoxy) is 5. The molecule has 0 aromatic carbocycles. The van der Waals surface area contributed by atoms with Crippen molar-refractivity contribution in [3.8, 4) is 0 Å². The average Bonchev–Trinajstić information content (AvgIpc) is 3.31. The van der Waals surface area contributed by atoms with E-state index >= 15 is 0 Å². The van der Waals surface area contributed by atoms with E-state index in [0.29, 0.717) is 0 Å². The summed E-state index contributed by atoms with van der Waals surface area (Å²) < 4.78 is 28.9. The van der Waals surface area contributed by atoms with Crippen molar-refractivity contribution in [2.45, 2.75) is 203 Å². The highest BCUT2D eigenvalue weighted by Crippen LogP contribution is 2.38. The number of nitrogens with two attached hydrogens (primary N) is 1. The second-order valence-electron chi connectivity index (χ2n) is 20.1. The van der Waals surface area contributed by atoms with E-state index in [1.165, 1.54) is 7.11 Å². The number of esters is 1. The van der Waals surface area contributed by atoms with Gasteiger partial charge in [-0.3, -0.25) is 9.59 Å². The number of aliphatic hydroxyl groups excluding tert-OH is 10. The molecule has 20 nitrogen and oxygen atoms in total. The Morgan fingerprint density at radius 3 is 1.84 bits per heavy atom. The van der Waals surface area contributed by atoms with Crippen LogP contribution in [0.2, 0.25) is 0 Å². The van der Waals surface area contributed by atoms with Crippen molar-refractivity contribution in [1.29, 1.82) is 0 Å². The zero-order chi connectivity index (χ0) is 54.6. The number of allylic oxidation sites excluding steroid dienone is 12. The molecule has 3 aliphatic heterocycles. The smallest absolute Gasteiger partial charge is 0.308 e. The Kier molecular flexibility index (Phi) is 27.5. The monoisotopic (exact) mass is 1040 g/mol. The lowest BCUT2D eigenvalue weighted by molar-refractivity contribution is -0.308. The second kappa shape index (κ2) is 31.5. The van der Waals surface area contributed by atoms with Crippen LogP contribution in [0, 0.1) is 23.7 Å². The first-order valence-electron chi connectivity index (χ1n) is 25.4. The minimum Gasteiger partial charge on any atom is -0.462 e. The maximum Gasteiger partial charge on any atom is 0.308 e. The van der Waals surface area contributed by atoms with Gasteiger partial charge in [-0.25, -0.2) is 0 Å². The summed E-state index contributed by atoms with van der Waals surface area (Å²) in [5.41, 5.74) is 6.12. The number of hydrogen-bond donors (Lipinski definition) is 13. The molecule has 0 aromatic heterocycles. The van der Waals surface area contributed by atoms with Gasteiger partial charge in [0, 0.05) is 38.2 Å². The van der Waals surface area contributed by atoms with Gasteiger partial charge in [0.25, 0.3) is 0 Å². The number of hydrogen-bond acceptors (Lipinski definition) is 19. The Bertz CT molecular complexity index is 1860. The summed E-state index contributed by atoms with van der Waals surface area (Å²) in [6.07, 6.45) is 2.16. The summed E-state index contributed by atoms with van der Waals surface area (Å²) in [7, 11) is 1.25. The van der Waals surface area contributed by atoms with Gasteiger partial charge in [0.1, 0.15) is 12.2 Å². The van der Waals surface area contributed by atoms with Crippen molar-refractivity contribution >= 4 is 11.9 Å². The standard InChI is InChI=1S/C53H86N2O18/c1-30(2)46(51(67)69-7)55-50(66)44-41(61)29-53(68)28-40(60)39(59)23-22-35(56)24-36(57)25-37(58)26-43(62)70-33(5)32(4)47(63)31(3)20-18-16-14-12-10-8-9-11-13-15-17-19-21-38(27-42(44)73-53)72-52-49(65)45(54)48(64)34(6)71-52/h8-21,30-42,44-49,51-52,56-61,63-65,67-68H,22-29,54H2,1-7H3,(H,55,66)/b9-8+,12-10+,13-11+,16-14+,17-15+,20-18+,21-19+/t31-,32-,33-,34+,35+,36+,37+,38-,39+,40+,41-,42-,44+,45-,46-,47+,48+,49-,51?,52-,53+/m0/s1. The second-order valence-corrected chi connectivity index (χ2v) is 20.1. The van der Waals surface area contributed by atoms with Crippen LogP contribution in [0.25, 0.3) is 0 Å². The average molecular weight is 1040 g/mol. The molecule has 2 fully saturated rings. The maximum atomic E-state index is 14.2. The van der Waals surface area contributed by atoms with Crippen molar-refractivity contribution in [1.82, 2.24) is 5.32 Å². The van der Waals surface area contributed by atoms with E-state index < -0.39 is 153 Å². The minimum atomic E-state index is -2.38. The summed E-state index contributed by atoms with van der Waals surface area (Å²) in [4.78, 5) is 26.9. The fraction of sp³-hybridized carbons (Fsp3) is 0.698. The molecule has 0 aromatic rings. The number of rotatable bonds is 7. The maximum absolute atomic E-state index is 14.2. The fourth-order valence-corrected chi connectivity index (χ4v) is 8.95. The highest BCUT2D eigenvalue weighted by Gasteiger charge is 2.51. The molecule has 2 bridgehead atoms. The van der Waals surface area contributed by atoms with E-state index in [0.717, 1.165) is 0 Å². The number of amides is 1.